The predicted octanol–water partition coefficient (Wildman–Crippen LogP) is 2.65. The minimum absolute atomic E-state index is 0.00834. The van der Waals surface area contributed by atoms with Crippen molar-refractivity contribution in [3.63, 3.8) is 0 Å². The standard InChI is InChI=1S/C14H21BrN2O4/c1-9(2)6-16-7-12(18)8-21-14-10(3)4-11(15)5-13(14)17(19)20/h4-5,9,12,16,18H,6-8H2,1-3H3. The summed E-state index contributed by atoms with van der Waals surface area (Å²) >= 11 is 3.22. The Balaban J connectivity index is 2.64. The maximum atomic E-state index is 11.0. The van der Waals surface area contributed by atoms with Crippen LogP contribution in [0.3, 0.4) is 0 Å². The zero-order valence-electron chi connectivity index (χ0n) is 12.4. The number of nitrogens with zero attached hydrogens (tertiary/aromatic N) is 1. The first-order valence-electron chi connectivity index (χ1n) is 6.77. The molecule has 0 bridgehead atoms. The minimum Gasteiger partial charge on any atom is -0.484 e. The highest BCUT2D eigenvalue weighted by Gasteiger charge is 2.20. The molecule has 6 nitrogen and oxygen atoms in total. The Kier molecular flexibility index (Phi) is 7.07. The first-order valence-corrected chi connectivity index (χ1v) is 7.56. The quantitative estimate of drug-likeness (QED) is 0.549. The highest BCUT2D eigenvalue weighted by molar-refractivity contribution is 9.10. The molecule has 7 heteroatoms. The fourth-order valence-electron chi connectivity index (χ4n) is 1.81. The average Bonchev–Trinajstić information content (AvgIpc) is 2.36. The van der Waals surface area contributed by atoms with Crippen LogP contribution in [0.25, 0.3) is 0 Å². The van der Waals surface area contributed by atoms with Crippen LogP contribution < -0.4 is 10.1 Å². The van der Waals surface area contributed by atoms with E-state index in [4.69, 9.17) is 4.74 Å². The Labute approximate surface area is 132 Å². The van der Waals surface area contributed by atoms with Crippen molar-refractivity contribution < 1.29 is 14.8 Å². The number of hydrogen-bond donors (Lipinski definition) is 2. The lowest BCUT2D eigenvalue weighted by Gasteiger charge is -2.15. The van der Waals surface area contributed by atoms with E-state index in [-0.39, 0.29) is 18.0 Å². The molecule has 0 aliphatic rings. The largest absolute Gasteiger partial charge is 0.484 e. The van der Waals surface area contributed by atoms with Crippen LogP contribution in [0, 0.1) is 23.0 Å². The number of nitro groups is 1. The molecule has 0 heterocycles. The molecule has 1 unspecified atom stereocenters. The molecule has 1 atom stereocenters. The van der Waals surface area contributed by atoms with E-state index in [1.54, 1.807) is 13.0 Å². The second kappa shape index (κ2) is 8.31. The normalized spacial score (nSPS) is 12.5. The van der Waals surface area contributed by atoms with Crippen LogP contribution in [-0.4, -0.2) is 35.8 Å². The summed E-state index contributed by atoms with van der Waals surface area (Å²) in [6, 6.07) is 3.14. The van der Waals surface area contributed by atoms with Gasteiger partial charge in [-0.15, -0.1) is 0 Å². The van der Waals surface area contributed by atoms with Crippen LogP contribution in [0.4, 0.5) is 5.69 Å². The molecular weight excluding hydrogens is 340 g/mol. The summed E-state index contributed by atoms with van der Waals surface area (Å²) in [7, 11) is 0. The van der Waals surface area contributed by atoms with Gasteiger partial charge in [-0.05, 0) is 31.0 Å². The molecule has 0 aliphatic heterocycles. The topological polar surface area (TPSA) is 84.6 Å². The smallest absolute Gasteiger partial charge is 0.312 e. The highest BCUT2D eigenvalue weighted by atomic mass is 79.9. The predicted molar refractivity (Wildman–Crippen MR) is 84.7 cm³/mol. The third-order valence-corrected chi connectivity index (χ3v) is 3.23. The third kappa shape index (κ3) is 5.99. The van der Waals surface area contributed by atoms with Crippen molar-refractivity contribution in [3.8, 4) is 5.75 Å². The average molecular weight is 361 g/mol. The molecule has 0 aromatic heterocycles. The Hall–Kier alpha value is -1.18. The van der Waals surface area contributed by atoms with Crippen LogP contribution in [0.1, 0.15) is 19.4 Å². The van der Waals surface area contributed by atoms with E-state index in [0.717, 1.165) is 6.54 Å². The molecule has 0 aliphatic carbocycles. The number of rotatable bonds is 8. The first kappa shape index (κ1) is 17.9. The van der Waals surface area contributed by atoms with Crippen LogP contribution >= 0.6 is 15.9 Å². The molecule has 1 aromatic rings. The molecule has 2 N–H and O–H groups in total. The van der Waals surface area contributed by atoms with E-state index in [1.165, 1.54) is 6.07 Å². The Morgan fingerprint density at radius 2 is 2.10 bits per heavy atom. The minimum atomic E-state index is -0.716. The summed E-state index contributed by atoms with van der Waals surface area (Å²) in [5.41, 5.74) is 0.544. The molecule has 0 radical (unpaired) electrons. The summed E-state index contributed by atoms with van der Waals surface area (Å²) in [6.07, 6.45) is -0.716. The van der Waals surface area contributed by atoms with E-state index in [2.05, 4.69) is 35.1 Å². The molecule has 118 valence electrons. The molecule has 0 fully saturated rings. The lowest BCUT2D eigenvalue weighted by molar-refractivity contribution is -0.386. The van der Waals surface area contributed by atoms with Gasteiger partial charge in [-0.2, -0.15) is 0 Å². The molecule has 0 saturated carbocycles. The van der Waals surface area contributed by atoms with Crippen molar-refractivity contribution in [2.45, 2.75) is 26.9 Å². The second-order valence-corrected chi connectivity index (χ2v) is 6.26. The second-order valence-electron chi connectivity index (χ2n) is 5.34. The van der Waals surface area contributed by atoms with Gasteiger partial charge in [0.25, 0.3) is 0 Å². The van der Waals surface area contributed by atoms with Gasteiger partial charge in [0.2, 0.25) is 0 Å². The maximum Gasteiger partial charge on any atom is 0.312 e. The van der Waals surface area contributed by atoms with Crippen molar-refractivity contribution in [3.05, 3.63) is 32.3 Å². The monoisotopic (exact) mass is 360 g/mol. The summed E-state index contributed by atoms with van der Waals surface area (Å²) in [5.74, 6) is 0.694. The van der Waals surface area contributed by atoms with E-state index in [1.807, 2.05) is 0 Å². The van der Waals surface area contributed by atoms with E-state index < -0.39 is 11.0 Å². The number of nitrogens with one attached hydrogen (secondary N) is 1. The number of aryl methyl sites for hydroxylation is 1. The third-order valence-electron chi connectivity index (χ3n) is 2.77. The van der Waals surface area contributed by atoms with E-state index in [9.17, 15) is 15.2 Å². The summed E-state index contributed by atoms with van der Waals surface area (Å²) in [6.45, 7) is 7.08. The number of benzene rings is 1. The van der Waals surface area contributed by atoms with Gasteiger partial charge in [0.15, 0.2) is 5.75 Å². The fraction of sp³-hybridized carbons (Fsp3) is 0.571. The number of aliphatic hydroxyl groups excluding tert-OH is 1. The Morgan fingerprint density at radius 1 is 1.43 bits per heavy atom. The van der Waals surface area contributed by atoms with Crippen LogP contribution in [-0.2, 0) is 0 Å². The van der Waals surface area contributed by atoms with Gasteiger partial charge in [0.1, 0.15) is 12.7 Å². The van der Waals surface area contributed by atoms with Gasteiger partial charge < -0.3 is 15.2 Å². The van der Waals surface area contributed by atoms with Crippen molar-refractivity contribution in [2.24, 2.45) is 5.92 Å². The zero-order valence-corrected chi connectivity index (χ0v) is 14.0. The Morgan fingerprint density at radius 3 is 2.67 bits per heavy atom. The van der Waals surface area contributed by atoms with Crippen LogP contribution in [0.5, 0.6) is 5.75 Å². The zero-order chi connectivity index (χ0) is 16.0. The van der Waals surface area contributed by atoms with Gasteiger partial charge in [0.05, 0.1) is 4.92 Å². The van der Waals surface area contributed by atoms with Gasteiger partial charge in [-0.1, -0.05) is 29.8 Å². The number of halogens is 1. The number of aliphatic hydroxyl groups is 1. The number of ether oxygens (including phenoxy) is 1. The summed E-state index contributed by atoms with van der Waals surface area (Å²) in [5, 5.41) is 24.0. The molecule has 0 spiro atoms. The van der Waals surface area contributed by atoms with Gasteiger partial charge >= 0.3 is 5.69 Å². The SMILES string of the molecule is Cc1cc(Br)cc([N+](=O)[O-])c1OCC(O)CNCC(C)C. The van der Waals surface area contributed by atoms with Crippen LogP contribution in [0.2, 0.25) is 0 Å². The number of hydrogen-bond acceptors (Lipinski definition) is 5. The summed E-state index contributed by atoms with van der Waals surface area (Å²) in [4.78, 5) is 10.6. The first-order chi connectivity index (χ1) is 9.81. The van der Waals surface area contributed by atoms with Crippen molar-refractivity contribution in [1.29, 1.82) is 0 Å². The van der Waals surface area contributed by atoms with Crippen molar-refractivity contribution in [1.82, 2.24) is 5.32 Å². The van der Waals surface area contributed by atoms with E-state index in [0.29, 0.717) is 22.5 Å². The van der Waals surface area contributed by atoms with Crippen LogP contribution in [0.15, 0.2) is 16.6 Å². The molecule has 1 rings (SSSR count). The lowest BCUT2D eigenvalue weighted by atomic mass is 10.2. The maximum absolute atomic E-state index is 11.0. The van der Waals surface area contributed by atoms with Crippen molar-refractivity contribution in [2.75, 3.05) is 19.7 Å². The molecule has 0 amide bonds. The molecular formula is C14H21BrN2O4. The fourth-order valence-corrected chi connectivity index (χ4v) is 2.37. The van der Waals surface area contributed by atoms with E-state index >= 15 is 0 Å². The highest BCUT2D eigenvalue weighted by Crippen LogP contribution is 2.34. The summed E-state index contributed by atoms with van der Waals surface area (Å²) < 4.78 is 6.07. The number of nitro benzene ring substituents is 1. The molecule has 0 saturated heterocycles. The molecule has 21 heavy (non-hydrogen) atoms. The van der Waals surface area contributed by atoms with Gasteiger partial charge in [-0.3, -0.25) is 10.1 Å². The van der Waals surface area contributed by atoms with Crippen molar-refractivity contribution >= 4 is 21.6 Å². The van der Waals surface area contributed by atoms with Gasteiger partial charge in [0, 0.05) is 17.1 Å². The Bertz CT molecular complexity index is 494. The lowest BCUT2D eigenvalue weighted by Crippen LogP contribution is -2.33. The van der Waals surface area contributed by atoms with Gasteiger partial charge in [-0.25, -0.2) is 0 Å². The molecule has 1 aromatic carbocycles.